The number of carboxylic acid groups (broad SMARTS) is 1. The van der Waals surface area contributed by atoms with Crippen molar-refractivity contribution in [1.29, 1.82) is 0 Å². The molecule has 1 aliphatic heterocycles. The van der Waals surface area contributed by atoms with Crippen LogP contribution in [0.5, 0.6) is 0 Å². The summed E-state index contributed by atoms with van der Waals surface area (Å²) in [5.74, 6) is -0.855. The van der Waals surface area contributed by atoms with Crippen molar-refractivity contribution in [1.82, 2.24) is 15.2 Å². The minimum Gasteiger partial charge on any atom is -0.481 e. The van der Waals surface area contributed by atoms with Gasteiger partial charge in [0.1, 0.15) is 5.01 Å². The Labute approximate surface area is 156 Å². The van der Waals surface area contributed by atoms with Crippen molar-refractivity contribution in [2.24, 2.45) is 5.41 Å². The Kier molecular flexibility index (Phi) is 5.00. The molecule has 3 rings (SSSR count). The average molecular weight is 373 g/mol. The van der Waals surface area contributed by atoms with Gasteiger partial charge in [-0.15, -0.1) is 11.3 Å². The van der Waals surface area contributed by atoms with Gasteiger partial charge in [0.15, 0.2) is 0 Å². The summed E-state index contributed by atoms with van der Waals surface area (Å²) in [4.78, 5) is 31.1. The molecule has 2 N–H and O–H groups in total. The lowest BCUT2D eigenvalue weighted by molar-refractivity contribution is -0.147. The molecule has 0 bridgehead atoms. The highest BCUT2D eigenvalue weighted by atomic mass is 32.1. The third-order valence-corrected chi connectivity index (χ3v) is 6.25. The molecular formula is C19H23N3O3S. The Hall–Kier alpha value is -2.41. The van der Waals surface area contributed by atoms with Gasteiger partial charge in [-0.3, -0.25) is 4.79 Å². The predicted octanol–water partition coefficient (Wildman–Crippen LogP) is 3.69. The minimum absolute atomic E-state index is 0.186. The van der Waals surface area contributed by atoms with Crippen LogP contribution in [0.4, 0.5) is 4.79 Å². The molecule has 2 heterocycles. The highest BCUT2D eigenvalue weighted by Gasteiger charge is 2.42. The number of hydrogen-bond acceptors (Lipinski definition) is 4. The molecule has 1 saturated heterocycles. The van der Waals surface area contributed by atoms with Crippen LogP contribution in [0.3, 0.4) is 0 Å². The number of amides is 2. The highest BCUT2D eigenvalue weighted by molar-refractivity contribution is 7.15. The topological polar surface area (TPSA) is 82.5 Å². The first-order valence-electron chi connectivity index (χ1n) is 8.62. The van der Waals surface area contributed by atoms with Crippen LogP contribution in [-0.4, -0.2) is 40.1 Å². The minimum atomic E-state index is -0.860. The molecule has 0 spiro atoms. The van der Waals surface area contributed by atoms with Crippen LogP contribution in [0.25, 0.3) is 10.6 Å². The van der Waals surface area contributed by atoms with Crippen molar-refractivity contribution >= 4 is 23.3 Å². The maximum Gasteiger partial charge on any atom is 0.317 e. The lowest BCUT2D eigenvalue weighted by atomic mass is 9.90. The number of urea groups is 1. The van der Waals surface area contributed by atoms with Gasteiger partial charge in [-0.25, -0.2) is 9.78 Å². The van der Waals surface area contributed by atoms with Crippen LogP contribution in [0.15, 0.2) is 30.3 Å². The molecule has 2 amide bonds. The van der Waals surface area contributed by atoms with Crippen molar-refractivity contribution in [3.63, 3.8) is 0 Å². The number of nitrogens with zero attached hydrogens (tertiary/aromatic N) is 2. The Morgan fingerprint density at radius 1 is 1.35 bits per heavy atom. The summed E-state index contributed by atoms with van der Waals surface area (Å²) in [5, 5.41) is 13.2. The van der Waals surface area contributed by atoms with Crippen LogP contribution in [0, 0.1) is 12.3 Å². The van der Waals surface area contributed by atoms with Gasteiger partial charge in [-0.1, -0.05) is 30.3 Å². The molecule has 1 fully saturated rings. The molecule has 1 aromatic heterocycles. The number of carbonyl (C=O) groups is 2. The SMILES string of the molecule is Cc1nc(-c2ccccc2)sc1C(C)NC(=O)N1CCC(C)(C(=O)O)C1. The lowest BCUT2D eigenvalue weighted by Gasteiger charge is -2.22. The van der Waals surface area contributed by atoms with E-state index in [0.717, 1.165) is 21.1 Å². The van der Waals surface area contributed by atoms with E-state index in [0.29, 0.717) is 13.0 Å². The number of thiazole rings is 1. The van der Waals surface area contributed by atoms with Crippen molar-refractivity contribution < 1.29 is 14.7 Å². The summed E-state index contributed by atoms with van der Waals surface area (Å²) in [5.41, 5.74) is 1.10. The van der Waals surface area contributed by atoms with Crippen molar-refractivity contribution in [2.45, 2.75) is 33.2 Å². The summed E-state index contributed by atoms with van der Waals surface area (Å²) < 4.78 is 0. The number of hydrogen-bond donors (Lipinski definition) is 2. The normalized spacial score (nSPS) is 20.8. The first-order chi connectivity index (χ1) is 12.3. The number of aryl methyl sites for hydroxylation is 1. The smallest absolute Gasteiger partial charge is 0.317 e. The third-order valence-electron chi connectivity index (χ3n) is 4.86. The molecule has 26 heavy (non-hydrogen) atoms. The largest absolute Gasteiger partial charge is 0.481 e. The molecule has 2 unspecified atom stereocenters. The van der Waals surface area contributed by atoms with E-state index in [2.05, 4.69) is 10.3 Å². The second kappa shape index (κ2) is 7.07. The van der Waals surface area contributed by atoms with Gasteiger partial charge >= 0.3 is 12.0 Å². The van der Waals surface area contributed by atoms with E-state index in [4.69, 9.17) is 0 Å². The summed E-state index contributed by atoms with van der Waals surface area (Å²) in [6.07, 6.45) is 0.474. The molecule has 2 aromatic rings. The van der Waals surface area contributed by atoms with Crippen LogP contribution < -0.4 is 5.32 Å². The molecule has 0 saturated carbocycles. The first-order valence-corrected chi connectivity index (χ1v) is 9.43. The Bertz CT molecular complexity index is 821. The van der Waals surface area contributed by atoms with Gasteiger partial charge in [0, 0.05) is 18.7 Å². The van der Waals surface area contributed by atoms with Crippen LogP contribution in [0.1, 0.15) is 36.9 Å². The molecule has 138 valence electrons. The molecule has 0 radical (unpaired) electrons. The van der Waals surface area contributed by atoms with E-state index in [1.807, 2.05) is 44.2 Å². The van der Waals surface area contributed by atoms with E-state index in [9.17, 15) is 14.7 Å². The molecule has 6 nitrogen and oxygen atoms in total. The Balaban J connectivity index is 1.69. The van der Waals surface area contributed by atoms with Crippen molar-refractivity contribution in [3.05, 3.63) is 40.9 Å². The number of likely N-dealkylation sites (tertiary alicyclic amines) is 1. The number of carboxylic acids is 1. The van der Waals surface area contributed by atoms with Gasteiger partial charge in [0.05, 0.1) is 22.0 Å². The van der Waals surface area contributed by atoms with E-state index in [-0.39, 0.29) is 18.6 Å². The van der Waals surface area contributed by atoms with Crippen molar-refractivity contribution in [2.75, 3.05) is 13.1 Å². The van der Waals surface area contributed by atoms with Gasteiger partial charge in [-0.2, -0.15) is 0 Å². The Morgan fingerprint density at radius 2 is 2.04 bits per heavy atom. The zero-order chi connectivity index (χ0) is 18.9. The second-order valence-electron chi connectivity index (χ2n) is 7.04. The van der Waals surface area contributed by atoms with Gasteiger partial charge in [-0.05, 0) is 27.2 Å². The van der Waals surface area contributed by atoms with E-state index < -0.39 is 11.4 Å². The maximum atomic E-state index is 12.5. The fraction of sp³-hybridized carbons (Fsp3) is 0.421. The third kappa shape index (κ3) is 3.58. The fourth-order valence-corrected chi connectivity index (χ4v) is 4.24. The number of rotatable bonds is 4. The zero-order valence-corrected chi connectivity index (χ0v) is 16.0. The number of carbonyl (C=O) groups excluding carboxylic acids is 1. The van der Waals surface area contributed by atoms with Crippen LogP contribution in [0.2, 0.25) is 0 Å². The predicted molar refractivity (Wildman–Crippen MR) is 101 cm³/mol. The van der Waals surface area contributed by atoms with Gasteiger partial charge < -0.3 is 15.3 Å². The molecule has 7 heteroatoms. The summed E-state index contributed by atoms with van der Waals surface area (Å²) in [6.45, 7) is 6.25. The van der Waals surface area contributed by atoms with Gasteiger partial charge in [0.25, 0.3) is 0 Å². The maximum absolute atomic E-state index is 12.5. The van der Waals surface area contributed by atoms with Crippen LogP contribution >= 0.6 is 11.3 Å². The quantitative estimate of drug-likeness (QED) is 0.856. The van der Waals surface area contributed by atoms with Crippen LogP contribution in [-0.2, 0) is 4.79 Å². The lowest BCUT2D eigenvalue weighted by Crippen LogP contribution is -2.41. The summed E-state index contributed by atoms with van der Waals surface area (Å²) in [6, 6.07) is 9.54. The number of benzene rings is 1. The van der Waals surface area contributed by atoms with E-state index >= 15 is 0 Å². The monoisotopic (exact) mass is 373 g/mol. The van der Waals surface area contributed by atoms with E-state index in [1.54, 1.807) is 23.2 Å². The molecule has 2 atom stereocenters. The zero-order valence-electron chi connectivity index (χ0n) is 15.2. The van der Waals surface area contributed by atoms with Gasteiger partial charge in [0.2, 0.25) is 0 Å². The molecule has 1 aromatic carbocycles. The number of aliphatic carboxylic acids is 1. The summed E-state index contributed by atoms with van der Waals surface area (Å²) >= 11 is 1.57. The molecule has 0 aliphatic carbocycles. The van der Waals surface area contributed by atoms with E-state index in [1.165, 1.54) is 0 Å². The standard InChI is InChI=1S/C19H23N3O3S/c1-12-15(26-16(20-12)14-7-5-4-6-8-14)13(2)21-18(25)22-10-9-19(3,11-22)17(23)24/h4-8,13H,9-11H2,1-3H3,(H,21,25)(H,23,24). The number of nitrogens with one attached hydrogen (secondary N) is 1. The molecular weight excluding hydrogens is 350 g/mol. The second-order valence-corrected chi connectivity index (χ2v) is 8.07. The van der Waals surface area contributed by atoms with Crippen molar-refractivity contribution in [3.8, 4) is 10.6 Å². The first kappa shape index (κ1) is 18.4. The Morgan fingerprint density at radius 3 is 2.65 bits per heavy atom. The average Bonchev–Trinajstić information content (AvgIpc) is 3.20. The molecule has 1 aliphatic rings. The number of aromatic nitrogens is 1. The summed E-state index contributed by atoms with van der Waals surface area (Å²) in [7, 11) is 0. The fourth-order valence-electron chi connectivity index (χ4n) is 3.17. The highest BCUT2D eigenvalue weighted by Crippen LogP contribution is 2.33.